The first kappa shape index (κ1) is 20.4. The third-order valence-electron chi connectivity index (χ3n) is 3.78. The van der Waals surface area contributed by atoms with Crippen molar-refractivity contribution in [3.05, 3.63) is 23.3 Å². The van der Waals surface area contributed by atoms with Crippen LogP contribution in [0.4, 0.5) is 5.69 Å². The van der Waals surface area contributed by atoms with E-state index in [0.717, 1.165) is 24.5 Å². The van der Waals surface area contributed by atoms with Crippen LogP contribution in [0, 0.1) is 6.92 Å². The van der Waals surface area contributed by atoms with Crippen LogP contribution in [-0.4, -0.2) is 26.2 Å². The number of anilines is 1. The molecule has 0 aromatic heterocycles. The van der Waals surface area contributed by atoms with Gasteiger partial charge in [-0.05, 0) is 75.9 Å². The molecular formula is C16H28Cl2N2O. The summed E-state index contributed by atoms with van der Waals surface area (Å²) in [4.78, 5) is 0. The van der Waals surface area contributed by atoms with E-state index < -0.39 is 0 Å². The van der Waals surface area contributed by atoms with Gasteiger partial charge in [0.05, 0.1) is 11.8 Å². The molecule has 2 N–H and O–H groups in total. The van der Waals surface area contributed by atoms with Gasteiger partial charge in [-0.25, -0.2) is 0 Å². The molecule has 0 saturated carbocycles. The molecule has 1 aromatic rings. The summed E-state index contributed by atoms with van der Waals surface area (Å²) in [5.74, 6) is 1.65. The zero-order valence-corrected chi connectivity index (χ0v) is 15.0. The van der Waals surface area contributed by atoms with Crippen LogP contribution in [-0.2, 0) is 0 Å². The lowest BCUT2D eigenvalue weighted by atomic mass is 9.87. The van der Waals surface area contributed by atoms with E-state index in [9.17, 15) is 0 Å². The minimum atomic E-state index is 0. The summed E-state index contributed by atoms with van der Waals surface area (Å²) in [6.07, 6.45) is 2.65. The first-order chi connectivity index (χ1) is 9.11. The molecule has 5 heteroatoms. The zero-order chi connectivity index (χ0) is 13.8. The molecule has 1 aliphatic heterocycles. The van der Waals surface area contributed by atoms with Crippen molar-refractivity contribution in [1.82, 2.24) is 5.32 Å². The molecule has 0 radical (unpaired) electrons. The molecule has 122 valence electrons. The quantitative estimate of drug-likeness (QED) is 0.868. The first-order valence-corrected chi connectivity index (χ1v) is 7.31. The van der Waals surface area contributed by atoms with Gasteiger partial charge < -0.3 is 15.4 Å². The third kappa shape index (κ3) is 5.24. The maximum Gasteiger partial charge on any atom is 0.143 e. The number of nitrogens with one attached hydrogen (secondary N) is 2. The number of rotatable bonds is 4. The van der Waals surface area contributed by atoms with E-state index in [2.05, 4.69) is 43.5 Å². The van der Waals surface area contributed by atoms with Crippen LogP contribution in [0.5, 0.6) is 5.75 Å². The highest BCUT2D eigenvalue weighted by molar-refractivity contribution is 5.85. The Kier molecular flexibility index (Phi) is 9.11. The molecule has 1 aromatic carbocycles. The Bertz CT molecular complexity index is 433. The molecule has 1 saturated heterocycles. The van der Waals surface area contributed by atoms with Crippen LogP contribution in [0.1, 0.15) is 43.7 Å². The fourth-order valence-corrected chi connectivity index (χ4v) is 2.82. The second kappa shape index (κ2) is 9.39. The molecule has 1 aliphatic rings. The smallest absolute Gasteiger partial charge is 0.143 e. The van der Waals surface area contributed by atoms with Crippen LogP contribution in [0.3, 0.4) is 0 Å². The summed E-state index contributed by atoms with van der Waals surface area (Å²) < 4.78 is 5.94. The Labute approximate surface area is 141 Å². The molecule has 0 spiro atoms. The van der Waals surface area contributed by atoms with Crippen molar-refractivity contribution in [3.63, 3.8) is 0 Å². The third-order valence-corrected chi connectivity index (χ3v) is 3.78. The van der Waals surface area contributed by atoms with Crippen molar-refractivity contribution in [3.8, 4) is 5.75 Å². The van der Waals surface area contributed by atoms with E-state index in [4.69, 9.17) is 4.74 Å². The van der Waals surface area contributed by atoms with Crippen LogP contribution >= 0.6 is 24.8 Å². The molecule has 0 atom stereocenters. The highest BCUT2D eigenvalue weighted by Gasteiger charge is 2.19. The molecule has 1 fully saturated rings. The van der Waals surface area contributed by atoms with Crippen LogP contribution in [0.2, 0.25) is 0 Å². The highest BCUT2D eigenvalue weighted by atomic mass is 35.5. The van der Waals surface area contributed by atoms with Crippen molar-refractivity contribution in [2.75, 3.05) is 25.5 Å². The van der Waals surface area contributed by atoms with Gasteiger partial charge in [0.15, 0.2) is 0 Å². The van der Waals surface area contributed by atoms with Gasteiger partial charge in [-0.2, -0.15) is 0 Å². The Hall–Kier alpha value is -0.640. The van der Waals surface area contributed by atoms with Gasteiger partial charge in [0.1, 0.15) is 5.75 Å². The summed E-state index contributed by atoms with van der Waals surface area (Å²) in [5, 5.41) is 6.66. The Morgan fingerprint density at radius 1 is 1.19 bits per heavy atom. The lowest BCUT2D eigenvalue weighted by Gasteiger charge is -2.26. The first-order valence-electron chi connectivity index (χ1n) is 7.31. The lowest BCUT2D eigenvalue weighted by Crippen LogP contribution is -2.27. The Morgan fingerprint density at radius 2 is 1.81 bits per heavy atom. The molecule has 0 unspecified atom stereocenters. The summed E-state index contributed by atoms with van der Waals surface area (Å²) >= 11 is 0. The number of hydrogen-bond donors (Lipinski definition) is 2. The Morgan fingerprint density at radius 3 is 2.33 bits per heavy atom. The molecule has 3 nitrogen and oxygen atoms in total. The second-order valence-corrected chi connectivity index (χ2v) is 5.65. The van der Waals surface area contributed by atoms with Gasteiger partial charge in [0, 0.05) is 7.05 Å². The molecule has 21 heavy (non-hydrogen) atoms. The summed E-state index contributed by atoms with van der Waals surface area (Å²) in [6, 6.07) is 4.46. The number of piperidine rings is 1. The van der Waals surface area contributed by atoms with E-state index >= 15 is 0 Å². The fourth-order valence-electron chi connectivity index (χ4n) is 2.82. The van der Waals surface area contributed by atoms with Gasteiger partial charge >= 0.3 is 0 Å². The maximum absolute atomic E-state index is 5.94. The van der Waals surface area contributed by atoms with E-state index in [1.54, 1.807) is 0 Å². The van der Waals surface area contributed by atoms with E-state index in [0.29, 0.717) is 5.92 Å². The topological polar surface area (TPSA) is 33.3 Å². The highest BCUT2D eigenvalue weighted by Crippen LogP contribution is 2.35. The molecule has 0 bridgehead atoms. The van der Waals surface area contributed by atoms with Crippen molar-refractivity contribution < 1.29 is 4.74 Å². The Balaban J connectivity index is 0.00000200. The number of hydrogen-bond acceptors (Lipinski definition) is 3. The van der Waals surface area contributed by atoms with Gasteiger partial charge in [0.25, 0.3) is 0 Å². The molecule has 2 rings (SSSR count). The maximum atomic E-state index is 5.94. The SMILES string of the molecule is CNc1cc(C)c(C2CCNCC2)cc1OC(C)C.Cl.Cl. The molecule has 0 aliphatic carbocycles. The molecule has 1 heterocycles. The fraction of sp³-hybridized carbons (Fsp3) is 0.625. The number of benzene rings is 1. The van der Waals surface area contributed by atoms with Crippen molar-refractivity contribution in [2.24, 2.45) is 0 Å². The molecule has 0 amide bonds. The standard InChI is InChI=1S/C16H26N2O.2ClH/c1-11(2)19-16-10-14(12(3)9-15(16)17-4)13-5-7-18-8-6-13;;/h9-11,13,17-18H,5-8H2,1-4H3;2*1H. The minimum absolute atomic E-state index is 0. The normalized spacial score (nSPS) is 15.1. The monoisotopic (exact) mass is 334 g/mol. The van der Waals surface area contributed by atoms with Crippen molar-refractivity contribution >= 4 is 30.5 Å². The van der Waals surface area contributed by atoms with Gasteiger partial charge in [-0.3, -0.25) is 0 Å². The van der Waals surface area contributed by atoms with Crippen LogP contribution in [0.25, 0.3) is 0 Å². The number of ether oxygens (including phenoxy) is 1. The van der Waals surface area contributed by atoms with E-state index in [-0.39, 0.29) is 30.9 Å². The summed E-state index contributed by atoms with van der Waals surface area (Å²) in [6.45, 7) is 8.60. The number of halogens is 2. The average Bonchev–Trinajstić information content (AvgIpc) is 2.40. The largest absolute Gasteiger partial charge is 0.489 e. The van der Waals surface area contributed by atoms with Crippen molar-refractivity contribution in [1.29, 1.82) is 0 Å². The zero-order valence-electron chi connectivity index (χ0n) is 13.4. The van der Waals surface area contributed by atoms with E-state index in [1.165, 1.54) is 24.0 Å². The van der Waals surface area contributed by atoms with E-state index in [1.807, 2.05) is 7.05 Å². The predicted octanol–water partition coefficient (Wildman–Crippen LogP) is 4.13. The second-order valence-electron chi connectivity index (χ2n) is 5.65. The van der Waals surface area contributed by atoms with Crippen molar-refractivity contribution in [2.45, 2.75) is 45.6 Å². The molecular weight excluding hydrogens is 307 g/mol. The minimum Gasteiger partial charge on any atom is -0.489 e. The predicted molar refractivity (Wildman–Crippen MR) is 95.8 cm³/mol. The van der Waals surface area contributed by atoms with Crippen LogP contribution in [0.15, 0.2) is 12.1 Å². The summed E-state index contributed by atoms with van der Waals surface area (Å²) in [5.41, 5.74) is 3.91. The van der Waals surface area contributed by atoms with Crippen LogP contribution < -0.4 is 15.4 Å². The van der Waals surface area contributed by atoms with Gasteiger partial charge in [-0.1, -0.05) is 0 Å². The summed E-state index contributed by atoms with van der Waals surface area (Å²) in [7, 11) is 1.95. The van der Waals surface area contributed by atoms with Gasteiger partial charge in [0.2, 0.25) is 0 Å². The van der Waals surface area contributed by atoms with Gasteiger partial charge in [-0.15, -0.1) is 24.8 Å². The lowest BCUT2D eigenvalue weighted by molar-refractivity contribution is 0.243. The average molecular weight is 335 g/mol. The number of aryl methyl sites for hydroxylation is 1.